The number of nitrogens with zero attached hydrogens (tertiary/aromatic N) is 2. The van der Waals surface area contributed by atoms with Crippen LogP contribution in [-0.2, 0) is 4.79 Å². The molecule has 1 aliphatic rings. The van der Waals surface area contributed by atoms with Crippen molar-refractivity contribution >= 4 is 40.5 Å². The van der Waals surface area contributed by atoms with E-state index in [1.807, 2.05) is 30.3 Å². The number of benzodiazepines with no additional fused rings is 1. The second-order valence-corrected chi connectivity index (χ2v) is 7.48. The molecule has 33 heavy (non-hydrogen) atoms. The van der Waals surface area contributed by atoms with E-state index in [1.165, 1.54) is 19.2 Å². The average molecular weight is 465 g/mol. The number of benzene rings is 3. The number of carbonyl (C=O) groups is 2. The molecule has 9 nitrogen and oxygen atoms in total. The first-order valence-corrected chi connectivity index (χ1v) is 10.1. The number of carbonyl (C=O) groups excluding carboxylic acids is 2. The normalized spacial score (nSPS) is 14.9. The van der Waals surface area contributed by atoms with Crippen molar-refractivity contribution in [3.05, 3.63) is 98.6 Å². The van der Waals surface area contributed by atoms with Gasteiger partial charge in [-0.25, -0.2) is 4.99 Å². The second kappa shape index (κ2) is 9.09. The lowest BCUT2D eigenvalue weighted by Crippen LogP contribution is -2.42. The van der Waals surface area contributed by atoms with Gasteiger partial charge in [-0.3, -0.25) is 19.7 Å². The van der Waals surface area contributed by atoms with Crippen molar-refractivity contribution in [2.24, 2.45) is 4.99 Å². The zero-order valence-electron chi connectivity index (χ0n) is 17.2. The summed E-state index contributed by atoms with van der Waals surface area (Å²) in [6.45, 7) is 0. The number of nitrogens with one attached hydrogen (secondary N) is 2. The Morgan fingerprint density at radius 1 is 1.15 bits per heavy atom. The van der Waals surface area contributed by atoms with Crippen LogP contribution in [0.4, 0.5) is 11.4 Å². The summed E-state index contributed by atoms with van der Waals surface area (Å²) in [5.41, 5.74) is 2.09. The Kier molecular flexibility index (Phi) is 6.05. The summed E-state index contributed by atoms with van der Waals surface area (Å²) < 4.78 is 5.14. The number of halogens is 1. The first-order valence-electron chi connectivity index (χ1n) is 9.74. The lowest BCUT2D eigenvalue weighted by atomic mass is 10.0. The Bertz CT molecular complexity index is 1290. The van der Waals surface area contributed by atoms with Crippen molar-refractivity contribution < 1.29 is 19.2 Å². The third-order valence-corrected chi connectivity index (χ3v) is 5.19. The van der Waals surface area contributed by atoms with Crippen LogP contribution in [0.3, 0.4) is 0 Å². The lowest BCUT2D eigenvalue weighted by molar-refractivity contribution is -0.384. The third kappa shape index (κ3) is 4.53. The van der Waals surface area contributed by atoms with Gasteiger partial charge in [0.2, 0.25) is 6.17 Å². The van der Waals surface area contributed by atoms with E-state index in [9.17, 15) is 19.7 Å². The molecule has 166 valence electrons. The van der Waals surface area contributed by atoms with E-state index in [-0.39, 0.29) is 17.0 Å². The topological polar surface area (TPSA) is 123 Å². The van der Waals surface area contributed by atoms with Crippen LogP contribution in [0.15, 0.2) is 71.7 Å². The van der Waals surface area contributed by atoms with Crippen LogP contribution in [0.2, 0.25) is 5.02 Å². The molecule has 1 atom stereocenters. The molecule has 1 unspecified atom stereocenters. The Hall–Kier alpha value is -4.24. The number of nitro benzene ring substituents is 1. The molecule has 0 saturated heterocycles. The van der Waals surface area contributed by atoms with Crippen LogP contribution in [0.25, 0.3) is 0 Å². The molecule has 0 saturated carbocycles. The number of non-ortho nitro benzene ring substituents is 1. The first-order chi connectivity index (χ1) is 15.9. The highest BCUT2D eigenvalue weighted by molar-refractivity contribution is 6.32. The van der Waals surface area contributed by atoms with Crippen LogP contribution in [0, 0.1) is 10.1 Å². The maximum Gasteiger partial charge on any atom is 0.273 e. The zero-order chi connectivity index (χ0) is 23.5. The van der Waals surface area contributed by atoms with Crippen LogP contribution >= 0.6 is 11.6 Å². The molecule has 4 rings (SSSR count). The van der Waals surface area contributed by atoms with E-state index in [2.05, 4.69) is 15.6 Å². The van der Waals surface area contributed by atoms with Crippen molar-refractivity contribution in [2.45, 2.75) is 6.17 Å². The number of anilines is 1. The van der Waals surface area contributed by atoms with E-state index < -0.39 is 22.9 Å². The van der Waals surface area contributed by atoms with E-state index >= 15 is 0 Å². The second-order valence-electron chi connectivity index (χ2n) is 7.04. The molecule has 1 heterocycles. The number of aliphatic imine (C=N–C) groups is 1. The Morgan fingerprint density at radius 3 is 2.61 bits per heavy atom. The number of fused-ring (bicyclic) bond motifs is 1. The summed E-state index contributed by atoms with van der Waals surface area (Å²) in [6.07, 6.45) is -1.28. The molecule has 2 N–H and O–H groups in total. The van der Waals surface area contributed by atoms with E-state index in [0.717, 1.165) is 11.6 Å². The monoisotopic (exact) mass is 464 g/mol. The highest BCUT2D eigenvalue weighted by Crippen LogP contribution is 2.28. The Balaban J connectivity index is 1.74. The fraction of sp³-hybridized carbons (Fsp3) is 0.0870. The first kappa shape index (κ1) is 22.0. The molecule has 0 bridgehead atoms. The van der Waals surface area contributed by atoms with Crippen molar-refractivity contribution in [3.63, 3.8) is 0 Å². The largest absolute Gasteiger partial charge is 0.496 e. The number of amides is 2. The SMILES string of the molecule is COc1cc([N+](=O)[O-])ccc1C(=O)NC1N=C(c2ccccc2)c2cc(Cl)ccc2NC1=O. The van der Waals surface area contributed by atoms with Crippen LogP contribution in [0.5, 0.6) is 5.75 Å². The molecule has 0 fully saturated rings. The number of methoxy groups -OCH3 is 1. The van der Waals surface area contributed by atoms with Gasteiger partial charge >= 0.3 is 0 Å². The van der Waals surface area contributed by atoms with Crippen molar-refractivity contribution in [3.8, 4) is 5.75 Å². The predicted molar refractivity (Wildman–Crippen MR) is 123 cm³/mol. The standard InChI is InChI=1S/C23H17ClN4O5/c1-33-19-12-15(28(31)32)8-9-16(19)22(29)27-21-23(30)25-18-10-7-14(24)11-17(18)20(26-21)13-5-3-2-4-6-13/h2-12,21H,1H3,(H,25,30)(H,27,29). The number of hydrogen-bond donors (Lipinski definition) is 2. The van der Waals surface area contributed by atoms with Crippen molar-refractivity contribution in [2.75, 3.05) is 12.4 Å². The van der Waals surface area contributed by atoms with Crippen LogP contribution in [-0.4, -0.2) is 35.7 Å². The fourth-order valence-corrected chi connectivity index (χ4v) is 3.56. The summed E-state index contributed by atoms with van der Waals surface area (Å²) in [5.74, 6) is -1.24. The van der Waals surface area contributed by atoms with Gasteiger partial charge in [-0.1, -0.05) is 41.9 Å². The maximum atomic E-state index is 13.0. The average Bonchev–Trinajstić information content (AvgIpc) is 2.95. The summed E-state index contributed by atoms with van der Waals surface area (Å²) in [4.78, 5) is 40.9. The van der Waals surface area contributed by atoms with Gasteiger partial charge in [-0.15, -0.1) is 0 Å². The molecule has 10 heteroatoms. The Labute approximate surface area is 193 Å². The molecule has 2 amide bonds. The molecule has 0 spiro atoms. The van der Waals surface area contributed by atoms with Gasteiger partial charge in [-0.05, 0) is 24.3 Å². The molecule has 0 radical (unpaired) electrons. The predicted octanol–water partition coefficient (Wildman–Crippen LogP) is 3.80. The summed E-state index contributed by atoms with van der Waals surface area (Å²) in [7, 11) is 1.29. The minimum absolute atomic E-state index is 0.00180. The van der Waals surface area contributed by atoms with Gasteiger partial charge < -0.3 is 15.4 Å². The quantitative estimate of drug-likeness (QED) is 0.439. The number of rotatable bonds is 5. The fourth-order valence-electron chi connectivity index (χ4n) is 3.39. The van der Waals surface area contributed by atoms with E-state index in [1.54, 1.807) is 18.2 Å². The zero-order valence-corrected chi connectivity index (χ0v) is 18.0. The lowest BCUT2D eigenvalue weighted by Gasteiger charge is -2.15. The number of ether oxygens (including phenoxy) is 1. The third-order valence-electron chi connectivity index (χ3n) is 4.96. The summed E-state index contributed by atoms with van der Waals surface area (Å²) >= 11 is 6.19. The Morgan fingerprint density at radius 2 is 1.91 bits per heavy atom. The molecule has 3 aromatic carbocycles. The van der Waals surface area contributed by atoms with Gasteiger partial charge in [-0.2, -0.15) is 0 Å². The molecule has 1 aliphatic heterocycles. The van der Waals surface area contributed by atoms with Crippen LogP contribution in [0.1, 0.15) is 21.5 Å². The molecule has 3 aromatic rings. The minimum atomic E-state index is -1.28. The highest BCUT2D eigenvalue weighted by atomic mass is 35.5. The molecule has 0 aliphatic carbocycles. The molecule has 0 aromatic heterocycles. The maximum absolute atomic E-state index is 13.0. The van der Waals surface area contributed by atoms with Gasteiger partial charge in [0.25, 0.3) is 17.5 Å². The van der Waals surface area contributed by atoms with Crippen LogP contribution < -0.4 is 15.4 Å². The van der Waals surface area contributed by atoms with Crippen molar-refractivity contribution in [1.82, 2.24) is 5.32 Å². The van der Waals surface area contributed by atoms with E-state index in [4.69, 9.17) is 16.3 Å². The van der Waals surface area contributed by atoms with Gasteiger partial charge in [0.1, 0.15) is 5.75 Å². The highest BCUT2D eigenvalue weighted by Gasteiger charge is 2.28. The van der Waals surface area contributed by atoms with E-state index in [0.29, 0.717) is 22.0 Å². The summed E-state index contributed by atoms with van der Waals surface area (Å²) in [6, 6.07) is 17.7. The van der Waals surface area contributed by atoms with Gasteiger partial charge in [0.15, 0.2) is 0 Å². The smallest absolute Gasteiger partial charge is 0.273 e. The number of hydrogen-bond acceptors (Lipinski definition) is 6. The molecular formula is C23H17ClN4O5. The summed E-state index contributed by atoms with van der Waals surface area (Å²) in [5, 5.41) is 16.8. The molecular weight excluding hydrogens is 448 g/mol. The number of nitro groups is 1. The van der Waals surface area contributed by atoms with Crippen molar-refractivity contribution in [1.29, 1.82) is 0 Å². The van der Waals surface area contributed by atoms with Gasteiger partial charge in [0.05, 0.1) is 35.1 Å². The minimum Gasteiger partial charge on any atom is -0.496 e. The van der Waals surface area contributed by atoms with Gasteiger partial charge in [0, 0.05) is 22.2 Å².